The van der Waals surface area contributed by atoms with Crippen LogP contribution < -0.4 is 0 Å². The quantitative estimate of drug-likeness (QED) is 0.632. The Labute approximate surface area is 116 Å². The average Bonchev–Trinajstić information content (AvgIpc) is 2.39. The number of benzene rings is 2. The zero-order valence-corrected chi connectivity index (χ0v) is 11.0. The van der Waals surface area contributed by atoms with Crippen molar-refractivity contribution in [3.05, 3.63) is 67.2 Å². The third-order valence-corrected chi connectivity index (χ3v) is 3.23. The third-order valence-electron chi connectivity index (χ3n) is 2.55. The smallest absolute Gasteiger partial charge is 0.258 e. The normalized spacial score (nSPS) is 10.2. The molecule has 19 heavy (non-hydrogen) atoms. The number of halogens is 1. The number of rotatable bonds is 3. The lowest BCUT2D eigenvalue weighted by Gasteiger charge is -2.04. The summed E-state index contributed by atoms with van der Waals surface area (Å²) in [7, 11) is 0. The maximum Gasteiger partial charge on any atom is 0.284 e. The number of nitro groups is 2. The molecule has 0 aromatic heterocycles. The Hall–Kier alpha value is -2.28. The highest BCUT2D eigenvalue weighted by Crippen LogP contribution is 2.34. The van der Waals surface area contributed by atoms with E-state index in [2.05, 4.69) is 15.9 Å². The van der Waals surface area contributed by atoms with Crippen LogP contribution in [-0.2, 0) is 0 Å². The molecule has 0 saturated heterocycles. The van der Waals surface area contributed by atoms with Crippen LogP contribution in [0.1, 0.15) is 0 Å². The van der Waals surface area contributed by atoms with Gasteiger partial charge in [-0.1, -0.05) is 18.2 Å². The molecule has 0 saturated carbocycles. The Morgan fingerprint density at radius 2 is 1.53 bits per heavy atom. The van der Waals surface area contributed by atoms with E-state index in [1.807, 2.05) is 0 Å². The molecule has 0 bridgehead atoms. The summed E-state index contributed by atoms with van der Waals surface area (Å²) in [5.74, 6) is 0. The first kappa shape index (κ1) is 13.2. The molecule has 0 atom stereocenters. The molecule has 0 amide bonds. The summed E-state index contributed by atoms with van der Waals surface area (Å²) in [5, 5.41) is 21.8. The van der Waals surface area contributed by atoms with Gasteiger partial charge in [-0.05, 0) is 33.6 Å². The van der Waals surface area contributed by atoms with Crippen LogP contribution in [0, 0.1) is 20.2 Å². The van der Waals surface area contributed by atoms with E-state index in [1.54, 1.807) is 24.3 Å². The molecule has 2 rings (SSSR count). The Balaban J connectivity index is 2.63. The van der Waals surface area contributed by atoms with Gasteiger partial charge in [0.05, 0.1) is 19.9 Å². The molecule has 0 N–H and O–H groups in total. The van der Waals surface area contributed by atoms with Gasteiger partial charge >= 0.3 is 0 Å². The lowest BCUT2D eigenvalue weighted by Crippen LogP contribution is -1.93. The van der Waals surface area contributed by atoms with Crippen LogP contribution in [0.2, 0.25) is 0 Å². The van der Waals surface area contributed by atoms with Crippen molar-refractivity contribution in [3.63, 3.8) is 0 Å². The predicted octanol–water partition coefficient (Wildman–Crippen LogP) is 3.93. The van der Waals surface area contributed by atoms with Crippen LogP contribution in [-0.4, -0.2) is 9.85 Å². The number of nitro benzene ring substituents is 2. The van der Waals surface area contributed by atoms with Crippen molar-refractivity contribution >= 4 is 27.3 Å². The monoisotopic (exact) mass is 322 g/mol. The van der Waals surface area contributed by atoms with E-state index < -0.39 is 9.85 Å². The van der Waals surface area contributed by atoms with Crippen molar-refractivity contribution in [2.45, 2.75) is 0 Å². The standard InChI is InChI=1S/C12H7BrN2O4/c13-10-6-5-8(7-12(10)15(18)19)9-3-1-2-4-11(9)14(16)17/h1-7H. The van der Waals surface area contributed by atoms with Gasteiger partial charge in [-0.2, -0.15) is 0 Å². The molecule has 0 aliphatic carbocycles. The highest BCUT2D eigenvalue weighted by Gasteiger charge is 2.18. The van der Waals surface area contributed by atoms with Crippen molar-refractivity contribution in [2.24, 2.45) is 0 Å². The fourth-order valence-electron chi connectivity index (χ4n) is 1.70. The molecule has 0 unspecified atom stereocenters. The number of hydrogen-bond acceptors (Lipinski definition) is 4. The third kappa shape index (κ3) is 2.60. The van der Waals surface area contributed by atoms with Crippen LogP contribution in [0.4, 0.5) is 11.4 Å². The summed E-state index contributed by atoms with van der Waals surface area (Å²) in [6, 6.07) is 10.5. The minimum atomic E-state index is -0.539. The maximum absolute atomic E-state index is 10.9. The second kappa shape index (κ2) is 5.15. The highest BCUT2D eigenvalue weighted by molar-refractivity contribution is 9.10. The van der Waals surface area contributed by atoms with E-state index in [4.69, 9.17) is 0 Å². The van der Waals surface area contributed by atoms with Gasteiger partial charge in [-0.25, -0.2) is 0 Å². The predicted molar refractivity (Wildman–Crippen MR) is 72.9 cm³/mol. The van der Waals surface area contributed by atoms with Crippen molar-refractivity contribution in [3.8, 4) is 11.1 Å². The molecule has 0 heterocycles. The van der Waals surface area contributed by atoms with Crippen LogP contribution in [0.3, 0.4) is 0 Å². The van der Waals surface area contributed by atoms with Gasteiger partial charge in [-0.3, -0.25) is 20.2 Å². The Kier molecular flexibility index (Phi) is 3.57. The summed E-state index contributed by atoms with van der Waals surface area (Å²) >= 11 is 3.08. The van der Waals surface area contributed by atoms with Crippen molar-refractivity contribution < 1.29 is 9.85 Å². The molecule has 6 nitrogen and oxygen atoms in total. The van der Waals surface area contributed by atoms with Gasteiger partial charge in [0.2, 0.25) is 0 Å². The summed E-state index contributed by atoms with van der Waals surface area (Å²) < 4.78 is 0.333. The number of para-hydroxylation sites is 1. The zero-order chi connectivity index (χ0) is 14.0. The lowest BCUT2D eigenvalue weighted by atomic mass is 10.0. The molecule has 0 aliphatic rings. The summed E-state index contributed by atoms with van der Waals surface area (Å²) in [4.78, 5) is 20.8. The van der Waals surface area contributed by atoms with E-state index in [-0.39, 0.29) is 11.4 Å². The average molecular weight is 323 g/mol. The van der Waals surface area contributed by atoms with E-state index in [1.165, 1.54) is 18.2 Å². The number of hydrogen-bond donors (Lipinski definition) is 0. The van der Waals surface area contributed by atoms with Crippen molar-refractivity contribution in [1.29, 1.82) is 0 Å². The lowest BCUT2D eigenvalue weighted by molar-refractivity contribution is -0.385. The Morgan fingerprint density at radius 3 is 2.16 bits per heavy atom. The zero-order valence-electron chi connectivity index (χ0n) is 9.45. The largest absolute Gasteiger partial charge is 0.284 e. The van der Waals surface area contributed by atoms with Crippen molar-refractivity contribution in [2.75, 3.05) is 0 Å². The van der Waals surface area contributed by atoms with Crippen LogP contribution in [0.5, 0.6) is 0 Å². The molecule has 0 radical (unpaired) electrons. The molecule has 0 aliphatic heterocycles. The molecular weight excluding hydrogens is 316 g/mol. The SMILES string of the molecule is O=[N+]([O-])c1cc(-c2ccccc2[N+](=O)[O-])ccc1Br. The van der Waals surface area contributed by atoms with Crippen molar-refractivity contribution in [1.82, 2.24) is 0 Å². The van der Waals surface area contributed by atoms with Gasteiger partial charge in [-0.15, -0.1) is 0 Å². The number of nitrogens with zero attached hydrogens (tertiary/aromatic N) is 2. The minimum absolute atomic E-state index is 0.0841. The Bertz CT molecular complexity index is 673. The molecule has 7 heteroatoms. The van der Waals surface area contributed by atoms with Gasteiger partial charge in [0.1, 0.15) is 0 Å². The summed E-state index contributed by atoms with van der Waals surface area (Å²) in [5.41, 5.74) is 0.570. The fourth-order valence-corrected chi connectivity index (χ4v) is 2.09. The molecule has 2 aromatic carbocycles. The van der Waals surface area contributed by atoms with E-state index in [0.29, 0.717) is 15.6 Å². The van der Waals surface area contributed by atoms with E-state index >= 15 is 0 Å². The van der Waals surface area contributed by atoms with Gasteiger partial charge < -0.3 is 0 Å². The van der Waals surface area contributed by atoms with Gasteiger partial charge in [0.15, 0.2) is 0 Å². The van der Waals surface area contributed by atoms with E-state index in [0.717, 1.165) is 0 Å². The molecule has 2 aromatic rings. The van der Waals surface area contributed by atoms with Crippen LogP contribution >= 0.6 is 15.9 Å². The van der Waals surface area contributed by atoms with Gasteiger partial charge in [0, 0.05) is 12.1 Å². The second-order valence-electron chi connectivity index (χ2n) is 3.70. The molecule has 0 spiro atoms. The molecule has 96 valence electrons. The minimum Gasteiger partial charge on any atom is -0.258 e. The van der Waals surface area contributed by atoms with E-state index in [9.17, 15) is 20.2 Å². The fraction of sp³-hybridized carbons (Fsp3) is 0. The molecule has 0 fully saturated rings. The van der Waals surface area contributed by atoms with Gasteiger partial charge in [0.25, 0.3) is 11.4 Å². The van der Waals surface area contributed by atoms with Crippen LogP contribution in [0.15, 0.2) is 46.9 Å². The first-order chi connectivity index (χ1) is 9.00. The highest BCUT2D eigenvalue weighted by atomic mass is 79.9. The molecular formula is C12H7BrN2O4. The Morgan fingerprint density at radius 1 is 0.895 bits per heavy atom. The summed E-state index contributed by atoms with van der Waals surface area (Å²) in [6.45, 7) is 0. The topological polar surface area (TPSA) is 86.3 Å². The van der Waals surface area contributed by atoms with Crippen LogP contribution in [0.25, 0.3) is 11.1 Å². The second-order valence-corrected chi connectivity index (χ2v) is 4.55. The summed E-state index contributed by atoms with van der Waals surface area (Å²) in [6.07, 6.45) is 0. The first-order valence-corrected chi connectivity index (χ1v) is 5.97. The maximum atomic E-state index is 10.9. The first-order valence-electron chi connectivity index (χ1n) is 5.18.